The summed E-state index contributed by atoms with van der Waals surface area (Å²) in [5.41, 5.74) is 7.04. The van der Waals surface area contributed by atoms with Crippen molar-refractivity contribution in [2.45, 2.75) is 39.3 Å². The van der Waals surface area contributed by atoms with Gasteiger partial charge in [-0.3, -0.25) is 4.79 Å². The molecule has 0 saturated heterocycles. The van der Waals surface area contributed by atoms with Crippen molar-refractivity contribution < 1.29 is 4.79 Å². The van der Waals surface area contributed by atoms with Crippen molar-refractivity contribution in [1.82, 2.24) is 19.4 Å². The molecule has 0 aliphatic rings. The first-order valence-electron chi connectivity index (χ1n) is 7.40. The predicted molar refractivity (Wildman–Crippen MR) is 82.9 cm³/mol. The molecule has 0 radical (unpaired) electrons. The van der Waals surface area contributed by atoms with Crippen LogP contribution < -0.4 is 11.1 Å². The zero-order chi connectivity index (χ0) is 15.1. The summed E-state index contributed by atoms with van der Waals surface area (Å²) >= 11 is 0. The first-order valence-corrected chi connectivity index (χ1v) is 7.40. The van der Waals surface area contributed by atoms with Crippen molar-refractivity contribution in [2.75, 3.05) is 12.3 Å². The Bertz CT molecular complexity index is 559. The Morgan fingerprint density at radius 1 is 1.38 bits per heavy atom. The smallest absolute Gasteiger partial charge is 0.267 e. The Hall–Kier alpha value is -2.24. The molecule has 0 atom stereocenters. The number of hydrogen-bond acceptors (Lipinski definition) is 3. The summed E-state index contributed by atoms with van der Waals surface area (Å²) in [6.07, 6.45) is 10.3. The van der Waals surface area contributed by atoms with Crippen molar-refractivity contribution in [3.63, 3.8) is 0 Å². The number of amides is 1. The Labute approximate surface area is 125 Å². The van der Waals surface area contributed by atoms with Gasteiger partial charge in [-0.05, 0) is 25.3 Å². The number of nitrogen functional groups attached to an aromatic ring is 1. The number of anilines is 1. The van der Waals surface area contributed by atoms with Crippen LogP contribution in [0, 0.1) is 0 Å². The number of carbonyl (C=O) groups is 1. The lowest BCUT2D eigenvalue weighted by Crippen LogP contribution is -2.27. The highest BCUT2D eigenvalue weighted by molar-refractivity contribution is 5.93. The van der Waals surface area contributed by atoms with Gasteiger partial charge in [-0.25, -0.2) is 4.98 Å². The molecule has 2 aromatic heterocycles. The number of hydrogen-bond donors (Lipinski definition) is 2. The van der Waals surface area contributed by atoms with Gasteiger partial charge in [0.1, 0.15) is 5.69 Å². The molecule has 0 fully saturated rings. The van der Waals surface area contributed by atoms with Crippen LogP contribution in [0.1, 0.15) is 36.7 Å². The molecule has 2 heterocycles. The van der Waals surface area contributed by atoms with E-state index in [1.165, 1.54) is 0 Å². The van der Waals surface area contributed by atoms with Gasteiger partial charge in [-0.2, -0.15) is 0 Å². The van der Waals surface area contributed by atoms with Crippen LogP contribution in [0.5, 0.6) is 0 Å². The number of nitrogens with zero attached hydrogens (tertiary/aromatic N) is 3. The monoisotopic (exact) mass is 289 g/mol. The fraction of sp³-hybridized carbons (Fsp3) is 0.467. The second-order valence-corrected chi connectivity index (χ2v) is 5.12. The molecule has 0 bridgehead atoms. The van der Waals surface area contributed by atoms with E-state index in [1.807, 2.05) is 21.5 Å². The molecule has 2 rings (SSSR count). The van der Waals surface area contributed by atoms with Crippen molar-refractivity contribution in [1.29, 1.82) is 0 Å². The lowest BCUT2D eigenvalue weighted by molar-refractivity contribution is 0.0943. The Balaban J connectivity index is 1.74. The topological polar surface area (TPSA) is 77.9 Å². The van der Waals surface area contributed by atoms with Crippen LogP contribution in [0.4, 0.5) is 5.69 Å². The van der Waals surface area contributed by atoms with Crippen molar-refractivity contribution >= 4 is 11.6 Å². The molecule has 6 heteroatoms. The van der Waals surface area contributed by atoms with Crippen molar-refractivity contribution in [3.05, 3.63) is 36.7 Å². The predicted octanol–water partition coefficient (Wildman–Crippen LogP) is 1.89. The third kappa shape index (κ3) is 4.37. The number of nitrogens with one attached hydrogen (secondary N) is 1. The second kappa shape index (κ2) is 7.52. The minimum absolute atomic E-state index is 0.0530. The van der Waals surface area contributed by atoms with Crippen LogP contribution in [0.2, 0.25) is 0 Å². The van der Waals surface area contributed by atoms with Gasteiger partial charge in [0.15, 0.2) is 0 Å². The van der Waals surface area contributed by atoms with Gasteiger partial charge < -0.3 is 20.2 Å². The highest BCUT2D eigenvalue weighted by Gasteiger charge is 2.11. The van der Waals surface area contributed by atoms with Gasteiger partial charge in [-0.1, -0.05) is 6.92 Å². The number of nitrogens with two attached hydrogens (primary N) is 1. The van der Waals surface area contributed by atoms with Gasteiger partial charge in [0.25, 0.3) is 5.91 Å². The van der Waals surface area contributed by atoms with Crippen LogP contribution in [0.3, 0.4) is 0 Å². The van der Waals surface area contributed by atoms with E-state index >= 15 is 0 Å². The molecule has 0 aliphatic heterocycles. The SMILES string of the molecule is CCCn1cc(N)cc1C(=O)NCCCCn1ccnc1. The van der Waals surface area contributed by atoms with Crippen LogP contribution in [-0.4, -0.2) is 26.6 Å². The average Bonchev–Trinajstić information content (AvgIpc) is 3.08. The number of imidazole rings is 1. The summed E-state index contributed by atoms with van der Waals surface area (Å²) < 4.78 is 3.95. The fourth-order valence-corrected chi connectivity index (χ4v) is 2.28. The first-order chi connectivity index (χ1) is 10.2. The third-order valence-electron chi connectivity index (χ3n) is 3.30. The summed E-state index contributed by atoms with van der Waals surface area (Å²) in [5.74, 6) is -0.0530. The highest BCUT2D eigenvalue weighted by atomic mass is 16.1. The highest BCUT2D eigenvalue weighted by Crippen LogP contribution is 2.11. The average molecular weight is 289 g/mol. The summed E-state index contributed by atoms with van der Waals surface area (Å²) in [6, 6.07) is 1.73. The molecule has 114 valence electrons. The van der Waals surface area contributed by atoms with Crippen LogP contribution in [0.15, 0.2) is 31.0 Å². The number of carbonyl (C=O) groups excluding carboxylic acids is 1. The molecule has 1 amide bonds. The maximum absolute atomic E-state index is 12.1. The van der Waals surface area contributed by atoms with Gasteiger partial charge in [0.05, 0.1) is 12.0 Å². The number of rotatable bonds is 8. The van der Waals surface area contributed by atoms with E-state index in [9.17, 15) is 4.79 Å². The molecule has 2 aromatic rings. The van der Waals surface area contributed by atoms with E-state index in [0.717, 1.165) is 32.4 Å². The standard InChI is InChI=1S/C15H23N5O/c1-2-7-20-11-13(16)10-14(20)15(21)18-5-3-4-8-19-9-6-17-12-19/h6,9-12H,2-5,7-8,16H2,1H3,(H,18,21). The third-order valence-corrected chi connectivity index (χ3v) is 3.30. The van der Waals surface area contributed by atoms with Gasteiger partial charge in [0, 0.05) is 38.2 Å². The first kappa shape index (κ1) is 15.2. The Kier molecular flexibility index (Phi) is 5.43. The largest absolute Gasteiger partial charge is 0.397 e. The minimum atomic E-state index is -0.0530. The summed E-state index contributed by atoms with van der Waals surface area (Å²) in [6.45, 7) is 4.48. The van der Waals surface area contributed by atoms with E-state index < -0.39 is 0 Å². The van der Waals surface area contributed by atoms with Crippen LogP contribution >= 0.6 is 0 Å². The van der Waals surface area contributed by atoms with Gasteiger partial charge in [-0.15, -0.1) is 0 Å². The molecule has 21 heavy (non-hydrogen) atoms. The second-order valence-electron chi connectivity index (χ2n) is 5.12. The maximum Gasteiger partial charge on any atom is 0.267 e. The zero-order valence-corrected chi connectivity index (χ0v) is 12.5. The van der Waals surface area contributed by atoms with Crippen molar-refractivity contribution in [3.8, 4) is 0 Å². The van der Waals surface area contributed by atoms with Crippen LogP contribution in [0.25, 0.3) is 0 Å². The Morgan fingerprint density at radius 3 is 2.95 bits per heavy atom. The van der Waals surface area contributed by atoms with Gasteiger partial charge >= 0.3 is 0 Å². The van der Waals surface area contributed by atoms with E-state index in [0.29, 0.717) is 17.9 Å². The van der Waals surface area contributed by atoms with Gasteiger partial charge in [0.2, 0.25) is 0 Å². The molecule has 6 nitrogen and oxygen atoms in total. The molecule has 0 spiro atoms. The number of aryl methyl sites for hydroxylation is 2. The molecular formula is C15H23N5O. The molecule has 0 unspecified atom stereocenters. The lowest BCUT2D eigenvalue weighted by atomic mass is 10.3. The van der Waals surface area contributed by atoms with E-state index in [2.05, 4.69) is 17.2 Å². The summed E-state index contributed by atoms with van der Waals surface area (Å²) in [7, 11) is 0. The van der Waals surface area contributed by atoms with E-state index in [4.69, 9.17) is 5.73 Å². The zero-order valence-electron chi connectivity index (χ0n) is 12.5. The molecular weight excluding hydrogens is 266 g/mol. The van der Waals surface area contributed by atoms with Crippen LogP contribution in [-0.2, 0) is 13.1 Å². The van der Waals surface area contributed by atoms with E-state index in [1.54, 1.807) is 18.6 Å². The molecule has 0 aliphatic carbocycles. The van der Waals surface area contributed by atoms with Crippen molar-refractivity contribution in [2.24, 2.45) is 0 Å². The minimum Gasteiger partial charge on any atom is -0.397 e. The number of aromatic nitrogens is 3. The maximum atomic E-state index is 12.1. The molecule has 0 aromatic carbocycles. The lowest BCUT2D eigenvalue weighted by Gasteiger charge is -2.08. The molecule has 0 saturated carbocycles. The summed E-state index contributed by atoms with van der Waals surface area (Å²) in [4.78, 5) is 16.1. The summed E-state index contributed by atoms with van der Waals surface area (Å²) in [5, 5.41) is 2.95. The normalized spacial score (nSPS) is 10.7. The van der Waals surface area contributed by atoms with E-state index in [-0.39, 0.29) is 5.91 Å². The quantitative estimate of drug-likeness (QED) is 0.728. The molecule has 3 N–H and O–H groups in total. The fourth-order valence-electron chi connectivity index (χ4n) is 2.28. The number of unbranched alkanes of at least 4 members (excludes halogenated alkanes) is 1. The Morgan fingerprint density at radius 2 is 2.24 bits per heavy atom.